The molecule has 4 heteroatoms. The number of carbonyl (C=O) groups excluding carboxylic acids is 1. The molecule has 0 atom stereocenters. The summed E-state index contributed by atoms with van der Waals surface area (Å²) in [5.74, 6) is 0.206. The summed E-state index contributed by atoms with van der Waals surface area (Å²) in [6, 6.07) is 3.90. The van der Waals surface area contributed by atoms with Crippen molar-refractivity contribution in [3.8, 4) is 10.4 Å². The molecule has 0 aliphatic heterocycles. The normalized spacial score (nSPS) is 10.7. The standard InChI is InChI=1S/C12H14N2OS/c1-4-10(15)12-6-5-11(16-12)9-7-14(3)13-8(9)2/h5-7H,4H2,1-3H3. The van der Waals surface area contributed by atoms with Gasteiger partial charge in [-0.05, 0) is 19.1 Å². The fraction of sp³-hybridized carbons (Fsp3) is 0.333. The van der Waals surface area contributed by atoms with Gasteiger partial charge in [0.1, 0.15) is 0 Å². The van der Waals surface area contributed by atoms with Crippen LogP contribution < -0.4 is 0 Å². The van der Waals surface area contributed by atoms with Gasteiger partial charge in [0.25, 0.3) is 0 Å². The van der Waals surface area contributed by atoms with E-state index in [1.54, 1.807) is 16.0 Å². The monoisotopic (exact) mass is 234 g/mol. The SMILES string of the molecule is CCC(=O)c1ccc(-c2cn(C)nc2C)s1. The van der Waals surface area contributed by atoms with Crippen LogP contribution in [-0.2, 0) is 7.05 Å². The number of hydrogen-bond acceptors (Lipinski definition) is 3. The van der Waals surface area contributed by atoms with Crippen LogP contribution in [0.15, 0.2) is 18.3 Å². The van der Waals surface area contributed by atoms with Crippen LogP contribution in [0.2, 0.25) is 0 Å². The largest absolute Gasteiger partial charge is 0.293 e. The molecule has 0 aliphatic rings. The molecule has 0 unspecified atom stereocenters. The molecule has 3 nitrogen and oxygen atoms in total. The van der Waals surface area contributed by atoms with Gasteiger partial charge in [-0.3, -0.25) is 9.48 Å². The van der Waals surface area contributed by atoms with Crippen molar-refractivity contribution < 1.29 is 4.79 Å². The first kappa shape index (κ1) is 11.1. The van der Waals surface area contributed by atoms with Crippen molar-refractivity contribution >= 4 is 17.1 Å². The zero-order chi connectivity index (χ0) is 11.7. The lowest BCUT2D eigenvalue weighted by Crippen LogP contribution is -1.90. The first-order valence-electron chi connectivity index (χ1n) is 5.25. The highest BCUT2D eigenvalue weighted by atomic mass is 32.1. The van der Waals surface area contributed by atoms with Gasteiger partial charge in [0.15, 0.2) is 5.78 Å². The Morgan fingerprint density at radius 1 is 1.50 bits per heavy atom. The topological polar surface area (TPSA) is 34.9 Å². The molecule has 2 aromatic heterocycles. The Labute approximate surface area is 98.7 Å². The highest BCUT2D eigenvalue weighted by molar-refractivity contribution is 7.17. The second-order valence-electron chi connectivity index (χ2n) is 3.74. The van der Waals surface area contributed by atoms with Crippen molar-refractivity contribution in [2.75, 3.05) is 0 Å². The molecule has 0 fully saturated rings. The van der Waals surface area contributed by atoms with Crippen LogP contribution in [0.25, 0.3) is 10.4 Å². The smallest absolute Gasteiger partial charge is 0.172 e. The van der Waals surface area contributed by atoms with Gasteiger partial charge in [-0.1, -0.05) is 6.92 Å². The van der Waals surface area contributed by atoms with Gasteiger partial charge >= 0.3 is 0 Å². The van der Waals surface area contributed by atoms with Gasteiger partial charge in [0.2, 0.25) is 0 Å². The Kier molecular flexibility index (Phi) is 2.92. The molecule has 0 amide bonds. The van der Waals surface area contributed by atoms with E-state index >= 15 is 0 Å². The lowest BCUT2D eigenvalue weighted by molar-refractivity contribution is 0.0992. The van der Waals surface area contributed by atoms with Gasteiger partial charge in [0, 0.05) is 30.1 Å². The number of rotatable bonds is 3. The quantitative estimate of drug-likeness (QED) is 0.765. The molecule has 0 saturated carbocycles. The number of aromatic nitrogens is 2. The molecule has 0 aromatic carbocycles. The van der Waals surface area contributed by atoms with Gasteiger partial charge in [-0.25, -0.2) is 0 Å². The van der Waals surface area contributed by atoms with E-state index in [2.05, 4.69) is 5.10 Å². The van der Waals surface area contributed by atoms with Crippen molar-refractivity contribution in [3.05, 3.63) is 28.9 Å². The lowest BCUT2D eigenvalue weighted by Gasteiger charge is -1.92. The molecule has 84 valence electrons. The Morgan fingerprint density at radius 2 is 2.25 bits per heavy atom. The van der Waals surface area contributed by atoms with E-state index < -0.39 is 0 Å². The molecule has 16 heavy (non-hydrogen) atoms. The molecular formula is C12H14N2OS. The maximum atomic E-state index is 11.5. The first-order chi connectivity index (χ1) is 7.61. The molecule has 2 aromatic rings. The van der Waals surface area contributed by atoms with Gasteiger partial charge in [0.05, 0.1) is 10.6 Å². The third-order valence-corrected chi connectivity index (χ3v) is 3.64. The van der Waals surface area contributed by atoms with Gasteiger partial charge in [-0.15, -0.1) is 11.3 Å². The van der Waals surface area contributed by atoms with E-state index in [9.17, 15) is 4.79 Å². The van der Waals surface area contributed by atoms with Crippen molar-refractivity contribution in [1.29, 1.82) is 0 Å². The van der Waals surface area contributed by atoms with E-state index in [-0.39, 0.29) is 5.78 Å². The number of Topliss-reactive ketones (excluding diaryl/α,β-unsaturated/α-hetero) is 1. The molecular weight excluding hydrogens is 220 g/mol. The highest BCUT2D eigenvalue weighted by Crippen LogP contribution is 2.30. The molecule has 0 spiro atoms. The Balaban J connectivity index is 2.38. The Hall–Kier alpha value is -1.42. The van der Waals surface area contributed by atoms with Gasteiger partial charge < -0.3 is 0 Å². The summed E-state index contributed by atoms with van der Waals surface area (Å²) in [5, 5.41) is 4.30. The molecule has 0 bridgehead atoms. The third kappa shape index (κ3) is 1.93. The summed E-state index contributed by atoms with van der Waals surface area (Å²) in [6.07, 6.45) is 2.55. The van der Waals surface area contributed by atoms with E-state index in [0.29, 0.717) is 6.42 Å². The molecule has 0 aliphatic carbocycles. The minimum atomic E-state index is 0.206. The number of hydrogen-bond donors (Lipinski definition) is 0. The second kappa shape index (κ2) is 4.22. The molecule has 2 rings (SSSR count). The van der Waals surface area contributed by atoms with Crippen molar-refractivity contribution in [1.82, 2.24) is 9.78 Å². The summed E-state index contributed by atoms with van der Waals surface area (Å²) in [5.41, 5.74) is 2.11. The van der Waals surface area contributed by atoms with Crippen LogP contribution in [0.4, 0.5) is 0 Å². The van der Waals surface area contributed by atoms with E-state index in [1.165, 1.54) is 0 Å². The number of nitrogens with zero attached hydrogens (tertiary/aromatic N) is 2. The van der Waals surface area contributed by atoms with Crippen molar-refractivity contribution in [2.45, 2.75) is 20.3 Å². The minimum Gasteiger partial charge on any atom is -0.293 e. The average molecular weight is 234 g/mol. The minimum absolute atomic E-state index is 0.206. The van der Waals surface area contributed by atoms with Crippen molar-refractivity contribution in [3.63, 3.8) is 0 Å². The highest BCUT2D eigenvalue weighted by Gasteiger charge is 2.11. The predicted molar refractivity (Wildman–Crippen MR) is 65.9 cm³/mol. The summed E-state index contributed by atoms with van der Waals surface area (Å²) < 4.78 is 1.80. The van der Waals surface area contributed by atoms with Gasteiger partial charge in [-0.2, -0.15) is 5.10 Å². The van der Waals surface area contributed by atoms with Crippen molar-refractivity contribution in [2.24, 2.45) is 7.05 Å². The number of carbonyl (C=O) groups is 1. The van der Waals surface area contributed by atoms with E-state index in [0.717, 1.165) is 21.0 Å². The fourth-order valence-electron chi connectivity index (χ4n) is 1.65. The Bertz CT molecular complexity index is 525. The summed E-state index contributed by atoms with van der Waals surface area (Å²) in [4.78, 5) is 13.5. The molecule has 0 radical (unpaired) electrons. The molecule has 0 N–H and O–H groups in total. The third-order valence-electron chi connectivity index (χ3n) is 2.48. The molecule has 2 heterocycles. The van der Waals surface area contributed by atoms with E-state index in [1.807, 2.05) is 39.2 Å². The lowest BCUT2D eigenvalue weighted by atomic mass is 10.2. The van der Waals surface area contributed by atoms with Crippen LogP contribution >= 0.6 is 11.3 Å². The maximum Gasteiger partial charge on any atom is 0.172 e. The number of thiophene rings is 1. The maximum absolute atomic E-state index is 11.5. The number of aryl methyl sites for hydroxylation is 2. The van der Waals surface area contributed by atoms with Crippen LogP contribution in [0.3, 0.4) is 0 Å². The average Bonchev–Trinajstić information content (AvgIpc) is 2.83. The summed E-state index contributed by atoms with van der Waals surface area (Å²) in [6.45, 7) is 3.87. The summed E-state index contributed by atoms with van der Waals surface area (Å²) >= 11 is 1.54. The van der Waals surface area contributed by atoms with Crippen LogP contribution in [0.1, 0.15) is 28.7 Å². The van der Waals surface area contributed by atoms with Crippen LogP contribution in [-0.4, -0.2) is 15.6 Å². The summed E-state index contributed by atoms with van der Waals surface area (Å²) in [7, 11) is 1.90. The number of ketones is 1. The zero-order valence-electron chi connectivity index (χ0n) is 9.65. The fourth-order valence-corrected chi connectivity index (χ4v) is 2.73. The van der Waals surface area contributed by atoms with E-state index in [4.69, 9.17) is 0 Å². The molecule has 0 saturated heterocycles. The van der Waals surface area contributed by atoms with Crippen LogP contribution in [0, 0.1) is 6.92 Å². The van der Waals surface area contributed by atoms with Crippen LogP contribution in [0.5, 0.6) is 0 Å². The second-order valence-corrected chi connectivity index (χ2v) is 4.83. The zero-order valence-corrected chi connectivity index (χ0v) is 10.5. The first-order valence-corrected chi connectivity index (χ1v) is 6.07. The Morgan fingerprint density at radius 3 is 2.81 bits per heavy atom. The predicted octanol–water partition coefficient (Wildman–Crippen LogP) is 3.05.